The maximum atomic E-state index is 12.0. The third-order valence-corrected chi connectivity index (χ3v) is 3.33. The maximum Gasteiger partial charge on any atom is 0.222 e. The lowest BCUT2D eigenvalue weighted by Gasteiger charge is -2.19. The van der Waals surface area contributed by atoms with Crippen LogP contribution in [0.3, 0.4) is 0 Å². The molecule has 0 radical (unpaired) electrons. The highest BCUT2D eigenvalue weighted by atomic mass is 16.5. The van der Waals surface area contributed by atoms with Gasteiger partial charge in [-0.3, -0.25) is 4.79 Å². The van der Waals surface area contributed by atoms with E-state index in [9.17, 15) is 4.79 Å². The fourth-order valence-electron chi connectivity index (χ4n) is 2.25. The van der Waals surface area contributed by atoms with Crippen molar-refractivity contribution in [3.63, 3.8) is 0 Å². The largest absolute Gasteiger partial charge is 0.497 e. The second-order valence-corrected chi connectivity index (χ2v) is 5.06. The summed E-state index contributed by atoms with van der Waals surface area (Å²) in [5.74, 6) is 1.46. The molecule has 1 amide bonds. The van der Waals surface area contributed by atoms with E-state index >= 15 is 0 Å². The number of hydrogen-bond acceptors (Lipinski definition) is 4. The Kier molecular flexibility index (Phi) is 7.02. The first-order valence-corrected chi connectivity index (χ1v) is 7.26. The zero-order chi connectivity index (χ0) is 15.8. The van der Waals surface area contributed by atoms with Crippen LogP contribution in [-0.4, -0.2) is 32.7 Å². The number of hydrogen-bond donors (Lipinski definition) is 2. The summed E-state index contributed by atoms with van der Waals surface area (Å²) in [6.45, 7) is 6.83. The minimum atomic E-state index is -0.118. The van der Waals surface area contributed by atoms with Crippen LogP contribution in [0, 0.1) is 0 Å². The number of carbonyl (C=O) groups is 1. The molecule has 0 aromatic heterocycles. The first kappa shape index (κ1) is 17.3. The van der Waals surface area contributed by atoms with Crippen molar-refractivity contribution in [2.75, 3.05) is 20.8 Å². The molecule has 5 nitrogen and oxygen atoms in total. The SMILES string of the molecule is CCNC(C)CC(=O)NC(C)c1ccc(OC)cc1OC. The van der Waals surface area contributed by atoms with E-state index in [1.54, 1.807) is 14.2 Å². The topological polar surface area (TPSA) is 59.6 Å². The van der Waals surface area contributed by atoms with Gasteiger partial charge in [-0.05, 0) is 32.5 Å². The molecule has 0 saturated carbocycles. The van der Waals surface area contributed by atoms with Crippen molar-refractivity contribution in [2.45, 2.75) is 39.3 Å². The van der Waals surface area contributed by atoms with Crippen LogP contribution in [0.5, 0.6) is 11.5 Å². The average molecular weight is 294 g/mol. The molecule has 0 aliphatic carbocycles. The monoisotopic (exact) mass is 294 g/mol. The van der Waals surface area contributed by atoms with Crippen LogP contribution in [0.15, 0.2) is 18.2 Å². The van der Waals surface area contributed by atoms with Crippen molar-refractivity contribution in [2.24, 2.45) is 0 Å². The molecule has 21 heavy (non-hydrogen) atoms. The summed E-state index contributed by atoms with van der Waals surface area (Å²) in [7, 11) is 3.22. The highest BCUT2D eigenvalue weighted by molar-refractivity contribution is 5.77. The molecule has 1 rings (SSSR count). The van der Waals surface area contributed by atoms with Gasteiger partial charge in [-0.15, -0.1) is 0 Å². The van der Waals surface area contributed by atoms with E-state index in [0.29, 0.717) is 12.2 Å². The Balaban J connectivity index is 2.70. The Morgan fingerprint density at radius 2 is 1.95 bits per heavy atom. The van der Waals surface area contributed by atoms with Gasteiger partial charge in [0, 0.05) is 24.1 Å². The summed E-state index contributed by atoms with van der Waals surface area (Å²) in [5.41, 5.74) is 0.933. The molecular formula is C16H26N2O3. The van der Waals surface area contributed by atoms with Crippen LogP contribution >= 0.6 is 0 Å². The van der Waals surface area contributed by atoms with Crippen molar-refractivity contribution >= 4 is 5.91 Å². The first-order chi connectivity index (χ1) is 10.0. The smallest absolute Gasteiger partial charge is 0.222 e. The molecule has 5 heteroatoms. The zero-order valence-electron chi connectivity index (χ0n) is 13.5. The normalized spacial score (nSPS) is 13.4. The van der Waals surface area contributed by atoms with Gasteiger partial charge in [-0.25, -0.2) is 0 Å². The van der Waals surface area contributed by atoms with Crippen molar-refractivity contribution in [1.29, 1.82) is 0 Å². The number of methoxy groups -OCH3 is 2. The third-order valence-electron chi connectivity index (χ3n) is 3.33. The van der Waals surface area contributed by atoms with Crippen LogP contribution < -0.4 is 20.1 Å². The van der Waals surface area contributed by atoms with Gasteiger partial charge < -0.3 is 20.1 Å². The van der Waals surface area contributed by atoms with Crippen LogP contribution in [-0.2, 0) is 4.79 Å². The number of ether oxygens (including phenoxy) is 2. The Morgan fingerprint density at radius 3 is 2.52 bits per heavy atom. The molecule has 118 valence electrons. The predicted octanol–water partition coefficient (Wildman–Crippen LogP) is 2.27. The van der Waals surface area contributed by atoms with E-state index in [2.05, 4.69) is 10.6 Å². The number of benzene rings is 1. The minimum absolute atomic E-state index is 0.0221. The van der Waals surface area contributed by atoms with Gasteiger partial charge in [0.15, 0.2) is 0 Å². The Hall–Kier alpha value is -1.75. The summed E-state index contributed by atoms with van der Waals surface area (Å²) < 4.78 is 10.5. The van der Waals surface area contributed by atoms with E-state index in [1.807, 2.05) is 39.0 Å². The van der Waals surface area contributed by atoms with Crippen LogP contribution in [0.25, 0.3) is 0 Å². The molecule has 1 aromatic rings. The van der Waals surface area contributed by atoms with E-state index in [1.165, 1.54) is 0 Å². The lowest BCUT2D eigenvalue weighted by Crippen LogP contribution is -2.34. The molecule has 0 fully saturated rings. The van der Waals surface area contributed by atoms with Crippen molar-refractivity contribution < 1.29 is 14.3 Å². The molecule has 0 aliphatic rings. The quantitative estimate of drug-likeness (QED) is 0.772. The summed E-state index contributed by atoms with van der Waals surface area (Å²) in [4.78, 5) is 12.0. The molecule has 0 spiro atoms. The summed E-state index contributed by atoms with van der Waals surface area (Å²) in [6, 6.07) is 5.64. The van der Waals surface area contributed by atoms with Crippen LogP contribution in [0.2, 0.25) is 0 Å². The van der Waals surface area contributed by atoms with Crippen molar-refractivity contribution in [3.8, 4) is 11.5 Å². The fourth-order valence-corrected chi connectivity index (χ4v) is 2.25. The Morgan fingerprint density at radius 1 is 1.24 bits per heavy atom. The Bertz CT molecular complexity index is 463. The molecule has 0 heterocycles. The fraction of sp³-hybridized carbons (Fsp3) is 0.562. The van der Waals surface area contributed by atoms with E-state index in [4.69, 9.17) is 9.47 Å². The van der Waals surface area contributed by atoms with Gasteiger partial charge in [0.25, 0.3) is 0 Å². The molecule has 1 aromatic carbocycles. The van der Waals surface area contributed by atoms with E-state index < -0.39 is 0 Å². The second-order valence-electron chi connectivity index (χ2n) is 5.06. The number of nitrogens with one attached hydrogen (secondary N) is 2. The van der Waals surface area contributed by atoms with Gasteiger partial charge in [-0.2, -0.15) is 0 Å². The summed E-state index contributed by atoms with van der Waals surface area (Å²) in [6.07, 6.45) is 0.455. The summed E-state index contributed by atoms with van der Waals surface area (Å²) >= 11 is 0. The number of carbonyl (C=O) groups excluding carboxylic acids is 1. The highest BCUT2D eigenvalue weighted by Crippen LogP contribution is 2.29. The van der Waals surface area contributed by atoms with E-state index in [-0.39, 0.29) is 18.0 Å². The molecule has 2 N–H and O–H groups in total. The lowest BCUT2D eigenvalue weighted by atomic mass is 10.1. The van der Waals surface area contributed by atoms with Gasteiger partial charge >= 0.3 is 0 Å². The van der Waals surface area contributed by atoms with Gasteiger partial charge in [0.05, 0.1) is 20.3 Å². The summed E-state index contributed by atoms with van der Waals surface area (Å²) in [5, 5.41) is 6.22. The van der Waals surface area contributed by atoms with Crippen LogP contribution in [0.4, 0.5) is 0 Å². The lowest BCUT2D eigenvalue weighted by molar-refractivity contribution is -0.122. The van der Waals surface area contributed by atoms with Crippen molar-refractivity contribution in [1.82, 2.24) is 10.6 Å². The molecule has 0 saturated heterocycles. The zero-order valence-corrected chi connectivity index (χ0v) is 13.5. The number of amides is 1. The second kappa shape index (κ2) is 8.52. The minimum Gasteiger partial charge on any atom is -0.497 e. The third kappa shape index (κ3) is 5.27. The average Bonchev–Trinajstić information content (AvgIpc) is 2.46. The molecule has 2 unspecified atom stereocenters. The van der Waals surface area contributed by atoms with Crippen molar-refractivity contribution in [3.05, 3.63) is 23.8 Å². The molecular weight excluding hydrogens is 268 g/mol. The maximum absolute atomic E-state index is 12.0. The molecule has 2 atom stereocenters. The Labute approximate surface area is 127 Å². The van der Waals surface area contributed by atoms with Gasteiger partial charge in [-0.1, -0.05) is 6.92 Å². The van der Waals surface area contributed by atoms with Gasteiger partial charge in [0.2, 0.25) is 5.91 Å². The molecule has 0 bridgehead atoms. The number of rotatable bonds is 8. The first-order valence-electron chi connectivity index (χ1n) is 7.26. The molecule has 0 aliphatic heterocycles. The van der Waals surface area contributed by atoms with Gasteiger partial charge in [0.1, 0.15) is 11.5 Å². The van der Waals surface area contributed by atoms with Crippen LogP contribution in [0.1, 0.15) is 38.8 Å². The van der Waals surface area contributed by atoms with E-state index in [0.717, 1.165) is 17.9 Å². The standard InChI is InChI=1S/C16H26N2O3/c1-6-17-11(2)9-16(19)18-12(3)14-8-7-13(20-4)10-15(14)21-5/h7-8,10-12,17H,6,9H2,1-5H3,(H,18,19). The predicted molar refractivity (Wildman–Crippen MR) is 83.9 cm³/mol. The highest BCUT2D eigenvalue weighted by Gasteiger charge is 2.16.